The molecule has 3 fully saturated rings. The van der Waals surface area contributed by atoms with Gasteiger partial charge < -0.3 is 25.2 Å². The minimum absolute atomic E-state index is 0.0660. The fourth-order valence-electron chi connectivity index (χ4n) is 7.30. The highest BCUT2D eigenvalue weighted by Gasteiger charge is 2.72. The molecule has 5 rings (SSSR count). The Bertz CT molecular complexity index is 1180. The SMILES string of the molecule is CCCCN(C)CCN1C(=O)[C@H]2[C@H](C(=O)Nc3cccc(SC)c3)[C@H]3C=C[C@@]2(O3)[C@@H]1C(=O)N[C@@H]1CCC[C@@H](C)[C@@H]1C. The number of anilines is 1. The lowest BCUT2D eigenvalue weighted by Crippen LogP contribution is -2.58. The number of carbonyl (C=O) groups excluding carboxylic acids is 3. The number of carbonyl (C=O) groups is 3. The van der Waals surface area contributed by atoms with Gasteiger partial charge in [-0.05, 0) is 62.7 Å². The van der Waals surface area contributed by atoms with Crippen molar-refractivity contribution in [3.63, 3.8) is 0 Å². The molecule has 0 radical (unpaired) electrons. The molecule has 8 atom stereocenters. The molecular weight excluding hydrogens is 536 g/mol. The molecule has 41 heavy (non-hydrogen) atoms. The fourth-order valence-corrected chi connectivity index (χ4v) is 7.76. The van der Waals surface area contributed by atoms with Crippen molar-refractivity contribution in [3.8, 4) is 0 Å². The van der Waals surface area contributed by atoms with Crippen LogP contribution >= 0.6 is 11.8 Å². The maximum Gasteiger partial charge on any atom is 0.246 e. The van der Waals surface area contributed by atoms with Crippen LogP contribution in [0.2, 0.25) is 0 Å². The van der Waals surface area contributed by atoms with Gasteiger partial charge in [-0.1, -0.05) is 58.3 Å². The minimum atomic E-state index is -1.14. The first kappa shape index (κ1) is 30.1. The summed E-state index contributed by atoms with van der Waals surface area (Å²) in [6.07, 6.45) is 10.6. The molecule has 2 saturated heterocycles. The van der Waals surface area contributed by atoms with Crippen LogP contribution in [0.15, 0.2) is 41.3 Å². The van der Waals surface area contributed by atoms with E-state index in [0.717, 1.165) is 37.1 Å². The Hall–Kier alpha value is -2.36. The lowest BCUT2D eigenvalue weighted by Gasteiger charge is -2.38. The summed E-state index contributed by atoms with van der Waals surface area (Å²) in [6.45, 7) is 8.62. The third-order valence-corrected chi connectivity index (χ3v) is 10.6. The maximum atomic E-state index is 14.2. The Morgan fingerprint density at radius 3 is 2.76 bits per heavy atom. The molecule has 224 valence electrons. The van der Waals surface area contributed by atoms with E-state index in [2.05, 4.69) is 43.4 Å². The van der Waals surface area contributed by atoms with Crippen LogP contribution in [0.4, 0.5) is 5.69 Å². The van der Waals surface area contributed by atoms with Crippen LogP contribution in [-0.2, 0) is 19.1 Å². The molecule has 1 aromatic carbocycles. The van der Waals surface area contributed by atoms with E-state index in [4.69, 9.17) is 4.74 Å². The number of likely N-dealkylation sites (N-methyl/N-ethyl adjacent to an activating group) is 1. The normalized spacial score (nSPS) is 33.9. The van der Waals surface area contributed by atoms with E-state index in [1.807, 2.05) is 42.7 Å². The van der Waals surface area contributed by atoms with Gasteiger partial charge in [0.25, 0.3) is 0 Å². The molecule has 1 spiro atoms. The molecule has 2 N–H and O–H groups in total. The number of hydrogen-bond acceptors (Lipinski definition) is 6. The van der Waals surface area contributed by atoms with Crippen LogP contribution in [0.3, 0.4) is 0 Å². The molecule has 3 aliphatic heterocycles. The van der Waals surface area contributed by atoms with E-state index < -0.39 is 29.6 Å². The van der Waals surface area contributed by atoms with Gasteiger partial charge in [-0.25, -0.2) is 0 Å². The Morgan fingerprint density at radius 2 is 2.00 bits per heavy atom. The van der Waals surface area contributed by atoms with Crippen molar-refractivity contribution in [1.82, 2.24) is 15.1 Å². The monoisotopic (exact) mass is 582 g/mol. The van der Waals surface area contributed by atoms with Gasteiger partial charge in [0.2, 0.25) is 17.7 Å². The number of rotatable bonds is 11. The van der Waals surface area contributed by atoms with Crippen LogP contribution < -0.4 is 10.6 Å². The molecular formula is C32H46N4O4S. The van der Waals surface area contributed by atoms with Crippen molar-refractivity contribution in [2.24, 2.45) is 23.7 Å². The first-order valence-corrected chi connectivity index (χ1v) is 16.5. The predicted octanol–water partition coefficient (Wildman–Crippen LogP) is 4.17. The Morgan fingerprint density at radius 1 is 1.20 bits per heavy atom. The van der Waals surface area contributed by atoms with Crippen molar-refractivity contribution in [1.29, 1.82) is 0 Å². The molecule has 8 nitrogen and oxygen atoms in total. The summed E-state index contributed by atoms with van der Waals surface area (Å²) in [5.74, 6) is -1.11. The smallest absolute Gasteiger partial charge is 0.246 e. The van der Waals surface area contributed by atoms with E-state index in [1.54, 1.807) is 16.7 Å². The summed E-state index contributed by atoms with van der Waals surface area (Å²) in [5.41, 5.74) is -0.447. The number of amides is 3. The molecule has 1 aliphatic carbocycles. The maximum absolute atomic E-state index is 14.2. The Balaban J connectivity index is 1.41. The molecule has 3 heterocycles. The molecule has 1 saturated carbocycles. The van der Waals surface area contributed by atoms with Crippen molar-refractivity contribution in [2.75, 3.05) is 38.3 Å². The van der Waals surface area contributed by atoms with E-state index >= 15 is 0 Å². The summed E-state index contributed by atoms with van der Waals surface area (Å²) in [4.78, 5) is 47.1. The van der Waals surface area contributed by atoms with Gasteiger partial charge in [-0.3, -0.25) is 14.4 Å². The zero-order chi connectivity index (χ0) is 29.3. The molecule has 4 aliphatic rings. The molecule has 9 heteroatoms. The van der Waals surface area contributed by atoms with Crippen LogP contribution in [0.5, 0.6) is 0 Å². The van der Waals surface area contributed by atoms with Crippen molar-refractivity contribution < 1.29 is 19.1 Å². The van der Waals surface area contributed by atoms with E-state index in [9.17, 15) is 14.4 Å². The molecule has 0 aromatic heterocycles. The van der Waals surface area contributed by atoms with E-state index in [-0.39, 0.29) is 23.8 Å². The number of thioether (sulfide) groups is 1. The van der Waals surface area contributed by atoms with Gasteiger partial charge in [-0.2, -0.15) is 0 Å². The van der Waals surface area contributed by atoms with Gasteiger partial charge in [0, 0.05) is 29.7 Å². The van der Waals surface area contributed by atoms with Crippen LogP contribution in [0.25, 0.3) is 0 Å². The van der Waals surface area contributed by atoms with Crippen LogP contribution in [0, 0.1) is 23.7 Å². The fraction of sp³-hybridized carbons (Fsp3) is 0.656. The molecule has 3 amide bonds. The van der Waals surface area contributed by atoms with Gasteiger partial charge in [-0.15, -0.1) is 11.8 Å². The first-order valence-electron chi connectivity index (χ1n) is 15.3. The topological polar surface area (TPSA) is 91.0 Å². The Labute approximate surface area is 249 Å². The number of fused-ring (bicyclic) bond motifs is 1. The van der Waals surface area contributed by atoms with Crippen molar-refractivity contribution >= 4 is 35.2 Å². The van der Waals surface area contributed by atoms with Crippen molar-refractivity contribution in [2.45, 2.75) is 81.6 Å². The molecule has 2 bridgehead atoms. The van der Waals surface area contributed by atoms with Gasteiger partial charge in [0.05, 0.1) is 17.9 Å². The van der Waals surface area contributed by atoms with Gasteiger partial charge >= 0.3 is 0 Å². The highest BCUT2D eigenvalue weighted by molar-refractivity contribution is 7.98. The number of nitrogens with zero attached hydrogens (tertiary/aromatic N) is 2. The van der Waals surface area contributed by atoms with Crippen LogP contribution in [-0.4, -0.2) is 84.2 Å². The zero-order valence-corrected chi connectivity index (χ0v) is 25.9. The third kappa shape index (κ3) is 5.69. The third-order valence-electron chi connectivity index (χ3n) is 9.91. The lowest BCUT2D eigenvalue weighted by molar-refractivity contribution is -0.141. The largest absolute Gasteiger partial charge is 0.359 e. The summed E-state index contributed by atoms with van der Waals surface area (Å²) in [7, 11) is 2.05. The highest BCUT2D eigenvalue weighted by Crippen LogP contribution is 2.55. The highest BCUT2D eigenvalue weighted by atomic mass is 32.2. The summed E-state index contributed by atoms with van der Waals surface area (Å²) < 4.78 is 6.53. The lowest BCUT2D eigenvalue weighted by atomic mass is 9.73. The number of unbranched alkanes of at least 4 members (excludes halogenated alkanes) is 1. The van der Waals surface area contributed by atoms with Crippen molar-refractivity contribution in [3.05, 3.63) is 36.4 Å². The number of nitrogens with one attached hydrogen (secondary N) is 2. The quantitative estimate of drug-likeness (QED) is 0.301. The molecule has 1 aromatic rings. The summed E-state index contributed by atoms with van der Waals surface area (Å²) in [6, 6.07) is 6.95. The number of likely N-dealkylation sites (tertiary alicyclic amines) is 1. The van der Waals surface area contributed by atoms with Gasteiger partial charge in [0.15, 0.2) is 0 Å². The second-order valence-corrected chi connectivity index (χ2v) is 13.4. The predicted molar refractivity (Wildman–Crippen MR) is 163 cm³/mol. The average Bonchev–Trinajstić information content (AvgIpc) is 3.60. The average molecular weight is 583 g/mol. The second kappa shape index (κ2) is 12.5. The standard InChI is InChI=1S/C32H46N4O4S/c1-6-7-16-35(4)17-18-36-28(30(38)34-24-13-8-10-20(2)21(24)3)32-15-14-25(40-32)26(27(32)31(36)39)29(37)33-22-11-9-12-23(19-22)41-5/h9,11-12,14-15,19-21,24-28H,6-8,10,13,16-18H2,1-5H3,(H,33,37)(H,34,38)/t20-,21+,24-,25-,26-,27-,28+,32+/m1/s1. The minimum Gasteiger partial charge on any atom is -0.359 e. The van der Waals surface area contributed by atoms with Crippen LogP contribution in [0.1, 0.15) is 52.9 Å². The molecule has 0 unspecified atom stereocenters. The zero-order valence-electron chi connectivity index (χ0n) is 25.1. The summed E-state index contributed by atoms with van der Waals surface area (Å²) in [5, 5.41) is 6.37. The first-order chi connectivity index (χ1) is 19.7. The second-order valence-electron chi connectivity index (χ2n) is 12.5. The van der Waals surface area contributed by atoms with E-state index in [0.29, 0.717) is 30.6 Å². The van der Waals surface area contributed by atoms with Gasteiger partial charge in [0.1, 0.15) is 11.6 Å². The number of hydrogen-bond donors (Lipinski definition) is 2. The number of ether oxygens (including phenoxy) is 1. The summed E-state index contributed by atoms with van der Waals surface area (Å²) >= 11 is 1.60. The Kier molecular flexibility index (Phi) is 9.16. The van der Waals surface area contributed by atoms with E-state index in [1.165, 1.54) is 6.42 Å². The number of benzene rings is 1.